The molecule has 0 aromatic heterocycles. The average Bonchev–Trinajstić information content (AvgIpc) is 2.42. The lowest BCUT2D eigenvalue weighted by Gasteiger charge is -2.29. The largest absolute Gasteiger partial charge is 0.296 e. The van der Waals surface area contributed by atoms with E-state index < -0.39 is 0 Å². The summed E-state index contributed by atoms with van der Waals surface area (Å²) in [7, 11) is 0. The number of ketones is 1. The molecule has 1 aliphatic rings. The topological polar surface area (TPSA) is 20.3 Å². The Morgan fingerprint density at radius 2 is 1.89 bits per heavy atom. The van der Waals surface area contributed by atoms with E-state index in [0.29, 0.717) is 6.54 Å². The molecular weight excluding hydrogens is 254 g/mol. The van der Waals surface area contributed by atoms with E-state index in [1.165, 1.54) is 17.7 Å². The fourth-order valence-corrected chi connectivity index (χ4v) is 3.08. The van der Waals surface area contributed by atoms with Gasteiger partial charge in [-0.1, -0.05) is 26.0 Å². The summed E-state index contributed by atoms with van der Waals surface area (Å²) < 4.78 is 0. The minimum absolute atomic E-state index is 0.252. The van der Waals surface area contributed by atoms with Crippen molar-refractivity contribution in [1.82, 2.24) is 4.90 Å². The van der Waals surface area contributed by atoms with Crippen molar-refractivity contribution in [3.05, 3.63) is 29.8 Å². The van der Waals surface area contributed by atoms with Crippen molar-refractivity contribution < 1.29 is 4.79 Å². The van der Waals surface area contributed by atoms with Crippen LogP contribution < -0.4 is 0 Å². The lowest BCUT2D eigenvalue weighted by Crippen LogP contribution is -2.36. The zero-order valence-corrected chi connectivity index (χ0v) is 12.7. The fourth-order valence-electron chi connectivity index (χ4n) is 2.42. The van der Waals surface area contributed by atoms with Crippen LogP contribution in [0.1, 0.15) is 37.0 Å². The van der Waals surface area contributed by atoms with Gasteiger partial charge in [0.1, 0.15) is 0 Å². The molecule has 2 rings (SSSR count). The second-order valence-corrected chi connectivity index (χ2v) is 6.68. The maximum Gasteiger partial charge on any atom is 0.176 e. The van der Waals surface area contributed by atoms with E-state index in [-0.39, 0.29) is 5.78 Å². The lowest BCUT2D eigenvalue weighted by molar-refractivity contribution is 0.0900. The first-order valence-corrected chi connectivity index (χ1v) is 8.16. The number of carbonyl (C=O) groups excluding carboxylic acids is 1. The van der Waals surface area contributed by atoms with Gasteiger partial charge in [-0.05, 0) is 49.7 Å². The van der Waals surface area contributed by atoms with Gasteiger partial charge in [0.05, 0.1) is 6.54 Å². The number of Topliss-reactive ketones (excluding diaryl/α,β-unsaturated/α-hetero) is 1. The molecule has 104 valence electrons. The molecule has 2 nitrogen and oxygen atoms in total. The Bertz CT molecular complexity index is 407. The molecule has 0 aliphatic carbocycles. The van der Waals surface area contributed by atoms with Gasteiger partial charge in [-0.3, -0.25) is 9.69 Å². The van der Waals surface area contributed by atoms with Crippen LogP contribution >= 0.6 is 11.8 Å². The third-order valence-electron chi connectivity index (χ3n) is 3.73. The Kier molecular flexibility index (Phi) is 5.46. The number of hydrogen-bond acceptors (Lipinski definition) is 3. The van der Waals surface area contributed by atoms with E-state index in [2.05, 4.69) is 30.9 Å². The molecule has 19 heavy (non-hydrogen) atoms. The van der Waals surface area contributed by atoms with Gasteiger partial charge in [-0.25, -0.2) is 0 Å². The molecule has 1 heterocycles. The van der Waals surface area contributed by atoms with E-state index >= 15 is 0 Å². The summed E-state index contributed by atoms with van der Waals surface area (Å²) in [5, 5.41) is 0. The zero-order valence-electron chi connectivity index (χ0n) is 11.9. The fraction of sp³-hybridized carbons (Fsp3) is 0.562. The third-order valence-corrected chi connectivity index (χ3v) is 4.62. The molecular formula is C16H23NOS. The van der Waals surface area contributed by atoms with Gasteiger partial charge in [0.15, 0.2) is 5.78 Å². The second kappa shape index (κ2) is 7.11. The summed E-state index contributed by atoms with van der Waals surface area (Å²) in [6.45, 7) is 7.14. The molecule has 1 fully saturated rings. The van der Waals surface area contributed by atoms with Crippen LogP contribution in [0.2, 0.25) is 0 Å². The number of nitrogens with zero attached hydrogens (tertiary/aromatic N) is 1. The standard InChI is InChI=1S/C16H23NOS/c1-3-19-15-6-4-14(5-7-15)16(18)12-17-10-8-13(2)9-11-17/h4-7,13H,3,8-12H2,1-2H3. The SMILES string of the molecule is CCSc1ccc(C(=O)CN2CCC(C)CC2)cc1. The molecule has 0 spiro atoms. The van der Waals surface area contributed by atoms with Gasteiger partial charge >= 0.3 is 0 Å². The van der Waals surface area contributed by atoms with E-state index in [9.17, 15) is 4.79 Å². The highest BCUT2D eigenvalue weighted by molar-refractivity contribution is 7.99. The van der Waals surface area contributed by atoms with E-state index in [4.69, 9.17) is 0 Å². The van der Waals surface area contributed by atoms with Crippen LogP contribution in [0.3, 0.4) is 0 Å². The van der Waals surface area contributed by atoms with Crippen LogP contribution in [0, 0.1) is 5.92 Å². The quantitative estimate of drug-likeness (QED) is 0.604. The smallest absolute Gasteiger partial charge is 0.176 e. The summed E-state index contributed by atoms with van der Waals surface area (Å²) >= 11 is 1.81. The van der Waals surface area contributed by atoms with Gasteiger partial charge in [-0.2, -0.15) is 0 Å². The number of carbonyl (C=O) groups is 1. The first kappa shape index (κ1) is 14.6. The van der Waals surface area contributed by atoms with Crippen LogP contribution in [-0.4, -0.2) is 36.1 Å². The number of piperidine rings is 1. The molecule has 1 aromatic carbocycles. The lowest BCUT2D eigenvalue weighted by atomic mass is 9.99. The minimum Gasteiger partial charge on any atom is -0.296 e. The molecule has 0 bridgehead atoms. The normalized spacial score (nSPS) is 17.6. The molecule has 0 amide bonds. The average molecular weight is 277 g/mol. The maximum absolute atomic E-state index is 12.2. The maximum atomic E-state index is 12.2. The van der Waals surface area contributed by atoms with Crippen molar-refractivity contribution in [1.29, 1.82) is 0 Å². The summed E-state index contributed by atoms with van der Waals surface area (Å²) in [4.78, 5) is 15.7. The van der Waals surface area contributed by atoms with E-state index in [1.54, 1.807) is 0 Å². The molecule has 0 atom stereocenters. The molecule has 1 aliphatic heterocycles. The van der Waals surface area contributed by atoms with Crippen molar-refractivity contribution in [3.63, 3.8) is 0 Å². The van der Waals surface area contributed by atoms with Crippen molar-refractivity contribution in [2.75, 3.05) is 25.4 Å². The van der Waals surface area contributed by atoms with E-state index in [0.717, 1.165) is 30.3 Å². The van der Waals surface area contributed by atoms with Crippen LogP contribution in [-0.2, 0) is 0 Å². The van der Waals surface area contributed by atoms with Crippen LogP contribution in [0.4, 0.5) is 0 Å². The molecule has 0 saturated carbocycles. The van der Waals surface area contributed by atoms with Crippen molar-refractivity contribution in [2.45, 2.75) is 31.6 Å². The molecule has 1 aromatic rings. The van der Waals surface area contributed by atoms with Gasteiger partial charge in [0.2, 0.25) is 0 Å². The Balaban J connectivity index is 1.88. The second-order valence-electron chi connectivity index (χ2n) is 5.34. The number of thioether (sulfide) groups is 1. The highest BCUT2D eigenvalue weighted by Gasteiger charge is 2.18. The summed E-state index contributed by atoms with van der Waals surface area (Å²) in [5.74, 6) is 2.14. The minimum atomic E-state index is 0.252. The Morgan fingerprint density at radius 1 is 1.26 bits per heavy atom. The number of benzene rings is 1. The van der Waals surface area contributed by atoms with Crippen molar-refractivity contribution in [2.24, 2.45) is 5.92 Å². The molecule has 3 heteroatoms. The highest BCUT2D eigenvalue weighted by atomic mass is 32.2. The number of likely N-dealkylation sites (tertiary alicyclic amines) is 1. The summed E-state index contributed by atoms with van der Waals surface area (Å²) in [6.07, 6.45) is 2.44. The predicted molar refractivity (Wildman–Crippen MR) is 82.0 cm³/mol. The van der Waals surface area contributed by atoms with Crippen molar-refractivity contribution >= 4 is 17.5 Å². The highest BCUT2D eigenvalue weighted by Crippen LogP contribution is 2.19. The van der Waals surface area contributed by atoms with Crippen LogP contribution in [0.25, 0.3) is 0 Å². The number of rotatable bonds is 5. The third kappa shape index (κ3) is 4.36. The Hall–Kier alpha value is -0.800. The first-order valence-electron chi connectivity index (χ1n) is 7.17. The molecule has 1 saturated heterocycles. The van der Waals surface area contributed by atoms with E-state index in [1.807, 2.05) is 23.9 Å². The first-order chi connectivity index (χ1) is 9.19. The Labute approximate surface area is 120 Å². The van der Waals surface area contributed by atoms with Gasteiger partial charge in [0, 0.05) is 10.5 Å². The summed E-state index contributed by atoms with van der Waals surface area (Å²) in [6, 6.07) is 8.04. The molecule has 0 N–H and O–H groups in total. The Morgan fingerprint density at radius 3 is 2.47 bits per heavy atom. The van der Waals surface area contributed by atoms with Crippen LogP contribution in [0.5, 0.6) is 0 Å². The monoisotopic (exact) mass is 277 g/mol. The van der Waals surface area contributed by atoms with Gasteiger partial charge in [-0.15, -0.1) is 11.8 Å². The number of hydrogen-bond donors (Lipinski definition) is 0. The van der Waals surface area contributed by atoms with Crippen molar-refractivity contribution in [3.8, 4) is 0 Å². The van der Waals surface area contributed by atoms with Crippen LogP contribution in [0.15, 0.2) is 29.2 Å². The molecule has 0 radical (unpaired) electrons. The van der Waals surface area contributed by atoms with Gasteiger partial charge < -0.3 is 0 Å². The zero-order chi connectivity index (χ0) is 13.7. The molecule has 0 unspecified atom stereocenters. The summed E-state index contributed by atoms with van der Waals surface area (Å²) in [5.41, 5.74) is 0.846. The van der Waals surface area contributed by atoms with Gasteiger partial charge in [0.25, 0.3) is 0 Å². The predicted octanol–water partition coefficient (Wildman–Crippen LogP) is 3.71.